The number of rotatable bonds is 4. The fourth-order valence-corrected chi connectivity index (χ4v) is 1.91. The van der Waals surface area contributed by atoms with Crippen molar-refractivity contribution < 1.29 is 33.7 Å². The van der Waals surface area contributed by atoms with E-state index in [0.717, 1.165) is 13.0 Å². The Labute approximate surface area is 113 Å². The number of halogens is 1. The Balaban J connectivity index is 2.42. The van der Waals surface area contributed by atoms with Crippen LogP contribution in [0.3, 0.4) is 0 Å². The maximum absolute atomic E-state index is 14.0. The van der Waals surface area contributed by atoms with Gasteiger partial charge in [0.05, 0.1) is 13.2 Å². The summed E-state index contributed by atoms with van der Waals surface area (Å²) in [5, 5.41) is 18.2. The van der Waals surface area contributed by atoms with Gasteiger partial charge in [-0.2, -0.15) is 0 Å². The number of aliphatic carboxylic acids is 2. The third kappa shape index (κ3) is 2.25. The molecule has 0 saturated carbocycles. The van der Waals surface area contributed by atoms with Gasteiger partial charge in [-0.3, -0.25) is 9.59 Å². The molecule has 0 aliphatic carbocycles. The second-order valence-electron chi connectivity index (χ2n) is 4.55. The number of benzene rings is 1. The second-order valence-corrected chi connectivity index (χ2v) is 4.55. The third-order valence-electron chi connectivity index (χ3n) is 3.31. The number of carboxylic acid groups (broad SMARTS) is 2. The van der Waals surface area contributed by atoms with E-state index in [1.54, 1.807) is 0 Å². The van der Waals surface area contributed by atoms with Gasteiger partial charge < -0.3 is 19.7 Å². The minimum atomic E-state index is -2.21. The highest BCUT2D eigenvalue weighted by molar-refractivity contribution is 6.04. The first kappa shape index (κ1) is 14.4. The van der Waals surface area contributed by atoms with Crippen LogP contribution in [0.5, 0.6) is 0 Å². The van der Waals surface area contributed by atoms with Crippen molar-refractivity contribution in [2.45, 2.75) is 18.6 Å². The Kier molecular flexibility index (Phi) is 3.74. The van der Waals surface area contributed by atoms with Crippen LogP contribution in [0, 0.1) is 5.82 Å². The SMILES string of the molecule is CC(C(=O)O)(C(=O)O)c1ccc(C2OCCO2)c(F)c1. The predicted octanol–water partition coefficient (Wildman–Crippen LogP) is 1.30. The number of hydrogen-bond donors (Lipinski definition) is 2. The first-order valence-corrected chi connectivity index (χ1v) is 5.87. The maximum Gasteiger partial charge on any atom is 0.325 e. The topological polar surface area (TPSA) is 93.1 Å². The summed E-state index contributed by atoms with van der Waals surface area (Å²) < 4.78 is 24.3. The van der Waals surface area contributed by atoms with Crippen LogP contribution >= 0.6 is 0 Å². The van der Waals surface area contributed by atoms with Crippen molar-refractivity contribution in [3.8, 4) is 0 Å². The molecule has 0 bridgehead atoms. The molecular weight excluding hydrogens is 271 g/mol. The zero-order valence-corrected chi connectivity index (χ0v) is 10.6. The summed E-state index contributed by atoms with van der Waals surface area (Å²) >= 11 is 0. The second kappa shape index (κ2) is 5.18. The normalized spacial score (nSPS) is 16.3. The molecule has 2 N–H and O–H groups in total. The Bertz CT molecular complexity index is 536. The lowest BCUT2D eigenvalue weighted by Crippen LogP contribution is -2.40. The first-order chi connectivity index (χ1) is 9.37. The Hall–Kier alpha value is -1.99. The molecule has 0 aromatic heterocycles. The molecule has 0 atom stereocenters. The molecule has 108 valence electrons. The van der Waals surface area contributed by atoms with E-state index in [1.807, 2.05) is 0 Å². The lowest BCUT2D eigenvalue weighted by molar-refractivity contribution is -0.156. The van der Waals surface area contributed by atoms with Crippen molar-refractivity contribution in [3.05, 3.63) is 35.1 Å². The number of carboxylic acids is 2. The van der Waals surface area contributed by atoms with Gasteiger partial charge >= 0.3 is 11.9 Å². The summed E-state index contributed by atoms with van der Waals surface area (Å²) in [5.41, 5.74) is -2.25. The Morgan fingerprint density at radius 2 is 1.80 bits per heavy atom. The highest BCUT2D eigenvalue weighted by Crippen LogP contribution is 2.30. The van der Waals surface area contributed by atoms with E-state index in [-0.39, 0.29) is 11.1 Å². The van der Waals surface area contributed by atoms with Gasteiger partial charge in [-0.15, -0.1) is 0 Å². The monoisotopic (exact) mass is 284 g/mol. The van der Waals surface area contributed by atoms with Crippen molar-refractivity contribution in [1.29, 1.82) is 0 Å². The van der Waals surface area contributed by atoms with Crippen LogP contribution in [0.25, 0.3) is 0 Å². The van der Waals surface area contributed by atoms with Crippen LogP contribution < -0.4 is 0 Å². The van der Waals surface area contributed by atoms with E-state index in [4.69, 9.17) is 19.7 Å². The molecule has 0 unspecified atom stereocenters. The third-order valence-corrected chi connectivity index (χ3v) is 3.31. The van der Waals surface area contributed by atoms with Gasteiger partial charge in [-0.1, -0.05) is 12.1 Å². The van der Waals surface area contributed by atoms with E-state index < -0.39 is 29.5 Å². The molecule has 6 nitrogen and oxygen atoms in total. The largest absolute Gasteiger partial charge is 0.480 e. The zero-order chi connectivity index (χ0) is 14.9. The van der Waals surface area contributed by atoms with Gasteiger partial charge in [-0.05, 0) is 18.6 Å². The molecule has 0 radical (unpaired) electrons. The highest BCUT2D eigenvalue weighted by Gasteiger charge is 2.44. The van der Waals surface area contributed by atoms with Gasteiger partial charge in [0.1, 0.15) is 5.82 Å². The van der Waals surface area contributed by atoms with Crippen molar-refractivity contribution >= 4 is 11.9 Å². The van der Waals surface area contributed by atoms with E-state index in [2.05, 4.69) is 0 Å². The average molecular weight is 284 g/mol. The molecule has 1 aromatic carbocycles. The van der Waals surface area contributed by atoms with Gasteiger partial charge in [0.2, 0.25) is 0 Å². The first-order valence-electron chi connectivity index (χ1n) is 5.87. The summed E-state index contributed by atoms with van der Waals surface area (Å²) in [6, 6.07) is 3.43. The standard InChI is InChI=1S/C13H13FO6/c1-13(11(15)16,12(17)18)7-2-3-8(9(14)6-7)10-19-4-5-20-10/h2-3,6,10H,4-5H2,1H3,(H,15,16)(H,17,18). The summed E-state index contributed by atoms with van der Waals surface area (Å²) in [7, 11) is 0. The molecule has 1 aliphatic rings. The van der Waals surface area contributed by atoms with E-state index in [9.17, 15) is 14.0 Å². The van der Waals surface area contributed by atoms with Crippen molar-refractivity contribution in [1.82, 2.24) is 0 Å². The molecule has 1 aromatic rings. The lowest BCUT2D eigenvalue weighted by Gasteiger charge is -2.21. The number of ether oxygens (including phenoxy) is 2. The van der Waals surface area contributed by atoms with Gasteiger partial charge in [0, 0.05) is 5.56 Å². The smallest absolute Gasteiger partial charge is 0.325 e. The van der Waals surface area contributed by atoms with Gasteiger partial charge in [0.25, 0.3) is 0 Å². The minimum Gasteiger partial charge on any atom is -0.480 e. The predicted molar refractivity (Wildman–Crippen MR) is 63.7 cm³/mol. The summed E-state index contributed by atoms with van der Waals surface area (Å²) in [6.45, 7) is 1.69. The van der Waals surface area contributed by atoms with Gasteiger partial charge in [-0.25, -0.2) is 4.39 Å². The molecule has 1 saturated heterocycles. The molecule has 7 heteroatoms. The number of hydrogen-bond acceptors (Lipinski definition) is 4. The summed E-state index contributed by atoms with van der Waals surface area (Å²) in [5.74, 6) is -3.89. The molecule has 0 spiro atoms. The summed E-state index contributed by atoms with van der Waals surface area (Å²) in [6.07, 6.45) is -0.843. The van der Waals surface area contributed by atoms with Gasteiger partial charge in [0.15, 0.2) is 11.7 Å². The van der Waals surface area contributed by atoms with E-state index >= 15 is 0 Å². The van der Waals surface area contributed by atoms with Crippen LogP contribution in [0.15, 0.2) is 18.2 Å². The zero-order valence-electron chi connectivity index (χ0n) is 10.6. The molecule has 0 amide bonds. The molecule has 1 heterocycles. The van der Waals surface area contributed by atoms with Crippen LogP contribution in [0.4, 0.5) is 4.39 Å². The average Bonchev–Trinajstić information content (AvgIpc) is 2.90. The van der Waals surface area contributed by atoms with E-state index in [0.29, 0.717) is 13.2 Å². The van der Waals surface area contributed by atoms with Crippen molar-refractivity contribution in [2.75, 3.05) is 13.2 Å². The van der Waals surface area contributed by atoms with Crippen LogP contribution in [-0.4, -0.2) is 35.4 Å². The van der Waals surface area contributed by atoms with E-state index in [1.165, 1.54) is 12.1 Å². The Morgan fingerprint density at radius 1 is 1.25 bits per heavy atom. The van der Waals surface area contributed by atoms with Crippen LogP contribution in [-0.2, 0) is 24.5 Å². The van der Waals surface area contributed by atoms with Crippen LogP contribution in [0.2, 0.25) is 0 Å². The molecular formula is C13H13FO6. The summed E-state index contributed by atoms with van der Waals surface area (Å²) in [4.78, 5) is 22.3. The molecule has 20 heavy (non-hydrogen) atoms. The lowest BCUT2D eigenvalue weighted by atomic mass is 9.82. The fraction of sp³-hybridized carbons (Fsp3) is 0.385. The number of carbonyl (C=O) groups is 2. The fourth-order valence-electron chi connectivity index (χ4n) is 1.91. The highest BCUT2D eigenvalue weighted by atomic mass is 19.1. The molecule has 1 fully saturated rings. The minimum absolute atomic E-state index is 0.115. The van der Waals surface area contributed by atoms with Crippen molar-refractivity contribution in [2.24, 2.45) is 0 Å². The molecule has 2 rings (SSSR count). The maximum atomic E-state index is 14.0. The van der Waals surface area contributed by atoms with Crippen LogP contribution in [0.1, 0.15) is 24.3 Å². The Morgan fingerprint density at radius 3 is 2.25 bits per heavy atom. The molecule has 1 aliphatic heterocycles. The quantitative estimate of drug-likeness (QED) is 0.809. The van der Waals surface area contributed by atoms with Crippen molar-refractivity contribution in [3.63, 3.8) is 0 Å².